The van der Waals surface area contributed by atoms with Gasteiger partial charge in [0.1, 0.15) is 0 Å². The Kier molecular flexibility index (Phi) is 3.46. The smallest absolute Gasteiger partial charge is 0.310 e. The highest BCUT2D eigenvalue weighted by Crippen LogP contribution is 2.59. The second-order valence-corrected chi connectivity index (χ2v) is 10.1. The van der Waals surface area contributed by atoms with Gasteiger partial charge < -0.3 is 14.2 Å². The maximum atomic E-state index is 13.4. The number of hydrogen-bond donors (Lipinski definition) is 0. The van der Waals surface area contributed by atoms with Crippen LogP contribution in [0.15, 0.2) is 60.7 Å². The molecule has 2 aliphatic heterocycles. The molecule has 6 bridgehead atoms. The molecule has 1 saturated carbocycles. The van der Waals surface area contributed by atoms with E-state index in [1.807, 2.05) is 0 Å². The van der Waals surface area contributed by atoms with E-state index in [1.54, 1.807) is 0 Å². The van der Waals surface area contributed by atoms with Crippen molar-refractivity contribution in [3.63, 3.8) is 0 Å². The molecule has 4 unspecified atom stereocenters. The number of carbonyl (C=O) groups is 1. The highest BCUT2D eigenvalue weighted by Gasteiger charge is 2.57. The van der Waals surface area contributed by atoms with Crippen LogP contribution in [0.1, 0.15) is 35.8 Å². The average Bonchev–Trinajstić information content (AvgIpc) is 3.58. The quantitative estimate of drug-likeness (QED) is 0.328. The predicted molar refractivity (Wildman–Crippen MR) is 120 cm³/mol. The number of carbonyl (C=O) groups excluding carboxylic acids is 1. The summed E-state index contributed by atoms with van der Waals surface area (Å²) >= 11 is 0. The van der Waals surface area contributed by atoms with Crippen molar-refractivity contribution in [1.29, 1.82) is 0 Å². The molecular formula is C28H24O4. The van der Waals surface area contributed by atoms with Crippen molar-refractivity contribution >= 4 is 27.5 Å². The molecule has 160 valence electrons. The van der Waals surface area contributed by atoms with Crippen LogP contribution in [0, 0.1) is 17.8 Å². The van der Waals surface area contributed by atoms with Crippen molar-refractivity contribution in [2.24, 2.45) is 17.8 Å². The van der Waals surface area contributed by atoms with Crippen LogP contribution in [-0.2, 0) is 19.0 Å². The van der Waals surface area contributed by atoms with Crippen molar-refractivity contribution < 1.29 is 19.0 Å². The van der Waals surface area contributed by atoms with E-state index >= 15 is 0 Å². The number of esters is 1. The molecule has 0 radical (unpaired) electrons. The number of rotatable bonds is 2. The van der Waals surface area contributed by atoms with E-state index in [1.165, 1.54) is 32.7 Å². The molecule has 0 aromatic heterocycles. The van der Waals surface area contributed by atoms with E-state index in [4.69, 9.17) is 14.2 Å². The Labute approximate surface area is 186 Å². The summed E-state index contributed by atoms with van der Waals surface area (Å²) in [6, 6.07) is 17.3. The van der Waals surface area contributed by atoms with E-state index in [9.17, 15) is 4.79 Å². The van der Waals surface area contributed by atoms with Gasteiger partial charge in [-0.25, -0.2) is 0 Å². The fraction of sp³-hybridized carbons (Fsp3) is 0.393. The van der Waals surface area contributed by atoms with Crippen LogP contribution in [0.2, 0.25) is 0 Å². The normalized spacial score (nSPS) is 38.0. The summed E-state index contributed by atoms with van der Waals surface area (Å²) in [6.45, 7) is 0.553. The van der Waals surface area contributed by atoms with Crippen LogP contribution in [0.4, 0.5) is 0 Å². The standard InChI is InChI=1S/C28H24O4/c29-27(20-12-14-9-10-15(20)11-14)32-26-25-23-18-7-3-1-5-16(18)22(17-6-2-4-8-19(17)23)24(25)21-13-30-28(26)31-21/h1-10,14-15,20-21,24-26,28H,11-13H2/t14-,15+,20-,21?,24?,25?,26-,28?/m0/s1. The van der Waals surface area contributed by atoms with Crippen molar-refractivity contribution in [3.05, 3.63) is 71.8 Å². The molecule has 0 N–H and O–H groups in total. The Bertz CT molecular complexity index is 1270. The van der Waals surface area contributed by atoms with Gasteiger partial charge in [0.2, 0.25) is 0 Å². The third kappa shape index (κ3) is 2.17. The molecule has 4 nitrogen and oxygen atoms in total. The summed E-state index contributed by atoms with van der Waals surface area (Å²) in [4.78, 5) is 13.4. The minimum atomic E-state index is -0.480. The summed E-state index contributed by atoms with van der Waals surface area (Å²) < 4.78 is 18.8. The minimum absolute atomic E-state index is 0.00269. The van der Waals surface area contributed by atoms with Crippen molar-refractivity contribution in [1.82, 2.24) is 0 Å². The highest BCUT2D eigenvalue weighted by atomic mass is 16.7. The minimum Gasteiger partial charge on any atom is -0.456 e. The second kappa shape index (κ2) is 6.21. The Hall–Kier alpha value is -2.69. The zero-order valence-corrected chi connectivity index (χ0v) is 17.6. The maximum absolute atomic E-state index is 13.4. The highest BCUT2D eigenvalue weighted by molar-refractivity contribution is 6.09. The molecule has 2 saturated heterocycles. The first-order chi connectivity index (χ1) is 15.8. The van der Waals surface area contributed by atoms with Gasteiger partial charge in [0, 0.05) is 11.8 Å². The fourth-order valence-electron chi connectivity index (χ4n) is 7.43. The Morgan fingerprint density at radius 2 is 1.50 bits per heavy atom. The van der Waals surface area contributed by atoms with E-state index in [-0.39, 0.29) is 29.8 Å². The molecule has 3 aromatic carbocycles. The van der Waals surface area contributed by atoms with Gasteiger partial charge in [-0.2, -0.15) is 0 Å². The molecule has 4 aliphatic carbocycles. The first kappa shape index (κ1) is 17.8. The molecule has 9 rings (SSSR count). The Balaban J connectivity index is 1.30. The molecule has 0 amide bonds. The zero-order valence-electron chi connectivity index (χ0n) is 17.6. The van der Waals surface area contributed by atoms with E-state index < -0.39 is 12.4 Å². The molecule has 0 spiro atoms. The summed E-state index contributed by atoms with van der Waals surface area (Å²) in [5.41, 5.74) is 2.62. The van der Waals surface area contributed by atoms with Gasteiger partial charge in [0.25, 0.3) is 0 Å². The first-order valence-corrected chi connectivity index (χ1v) is 11.9. The number of hydrogen-bond acceptors (Lipinski definition) is 4. The van der Waals surface area contributed by atoms with Crippen LogP contribution in [0.5, 0.6) is 0 Å². The van der Waals surface area contributed by atoms with E-state index in [0.29, 0.717) is 18.4 Å². The number of benzene rings is 3. The van der Waals surface area contributed by atoms with Gasteiger partial charge in [-0.05, 0) is 57.3 Å². The lowest BCUT2D eigenvalue weighted by Crippen LogP contribution is -2.48. The topological polar surface area (TPSA) is 44.8 Å². The summed E-state index contributed by atoms with van der Waals surface area (Å²) in [5, 5.41) is 5.12. The number of ether oxygens (including phenoxy) is 3. The third-order valence-corrected chi connectivity index (χ3v) is 8.66. The molecule has 32 heavy (non-hydrogen) atoms. The Morgan fingerprint density at radius 3 is 2.09 bits per heavy atom. The second-order valence-electron chi connectivity index (χ2n) is 10.1. The lowest BCUT2D eigenvalue weighted by molar-refractivity contribution is -0.200. The molecule has 2 heterocycles. The molecule has 3 aromatic rings. The molecule has 8 atom stereocenters. The van der Waals surface area contributed by atoms with Gasteiger partial charge in [-0.15, -0.1) is 0 Å². The van der Waals surface area contributed by atoms with Gasteiger partial charge in [-0.1, -0.05) is 60.7 Å². The van der Waals surface area contributed by atoms with Gasteiger partial charge in [0.05, 0.1) is 18.6 Å². The van der Waals surface area contributed by atoms with Gasteiger partial charge in [-0.3, -0.25) is 4.79 Å². The first-order valence-electron chi connectivity index (χ1n) is 11.9. The van der Waals surface area contributed by atoms with Crippen molar-refractivity contribution in [2.75, 3.05) is 6.61 Å². The SMILES string of the molecule is O=C(O[C@@H]1C2OCC(O2)C2c3c4ccccc4c(c4ccccc34)C21)[C@H]1C[C@H]2C=C[C@@H]1C2. The average molecular weight is 424 g/mol. The monoisotopic (exact) mass is 424 g/mol. The molecule has 6 aliphatic rings. The molecule has 3 fully saturated rings. The van der Waals surface area contributed by atoms with Crippen LogP contribution >= 0.6 is 0 Å². The summed E-state index contributed by atoms with van der Waals surface area (Å²) in [7, 11) is 0. The largest absolute Gasteiger partial charge is 0.456 e. The number of allylic oxidation sites excluding steroid dienone is 2. The van der Waals surface area contributed by atoms with Crippen molar-refractivity contribution in [2.45, 2.75) is 43.2 Å². The predicted octanol–water partition coefficient (Wildman–Crippen LogP) is 5.05. The van der Waals surface area contributed by atoms with E-state index in [2.05, 4.69) is 60.7 Å². The Morgan fingerprint density at radius 1 is 0.844 bits per heavy atom. The zero-order chi connectivity index (χ0) is 21.0. The van der Waals surface area contributed by atoms with Crippen LogP contribution < -0.4 is 0 Å². The van der Waals surface area contributed by atoms with Crippen LogP contribution in [0.25, 0.3) is 21.5 Å². The fourth-order valence-corrected chi connectivity index (χ4v) is 7.43. The number of fused-ring (bicyclic) bond motifs is 4. The third-order valence-electron chi connectivity index (χ3n) is 8.66. The van der Waals surface area contributed by atoms with Gasteiger partial charge in [0.15, 0.2) is 12.4 Å². The van der Waals surface area contributed by atoms with Gasteiger partial charge >= 0.3 is 5.97 Å². The van der Waals surface area contributed by atoms with Crippen LogP contribution in [0.3, 0.4) is 0 Å². The molecular weight excluding hydrogens is 400 g/mol. The van der Waals surface area contributed by atoms with Crippen LogP contribution in [-0.4, -0.2) is 31.1 Å². The summed E-state index contributed by atoms with van der Waals surface area (Å²) in [6.07, 6.45) is 5.58. The maximum Gasteiger partial charge on any atom is 0.310 e. The summed E-state index contributed by atoms with van der Waals surface area (Å²) in [5.74, 6) is 0.980. The molecule has 4 heteroatoms. The van der Waals surface area contributed by atoms with Crippen molar-refractivity contribution in [3.8, 4) is 0 Å². The van der Waals surface area contributed by atoms with E-state index in [0.717, 1.165) is 12.8 Å². The lowest BCUT2D eigenvalue weighted by Gasteiger charge is -2.46. The lowest BCUT2D eigenvalue weighted by atomic mass is 9.64.